The normalized spacial score (nSPS) is 12.9. The van der Waals surface area contributed by atoms with Crippen LogP contribution >= 0.6 is 11.6 Å². The molecular formula is C8H11ClN2O. The van der Waals surface area contributed by atoms with Crippen molar-refractivity contribution >= 4 is 11.6 Å². The Balaban J connectivity index is 2.79. The Morgan fingerprint density at radius 2 is 2.50 bits per heavy atom. The Hall–Kier alpha value is -0.640. The minimum absolute atomic E-state index is 0.198. The molecule has 1 aromatic rings. The van der Waals surface area contributed by atoms with Gasteiger partial charge in [0.25, 0.3) is 0 Å². The average Bonchev–Trinajstić information content (AvgIpc) is 2.05. The van der Waals surface area contributed by atoms with Crippen molar-refractivity contribution in [2.24, 2.45) is 5.73 Å². The maximum atomic E-state index is 5.88. The fourth-order valence-corrected chi connectivity index (χ4v) is 1.18. The molecular weight excluding hydrogens is 176 g/mol. The molecule has 1 atom stereocenters. The summed E-state index contributed by atoms with van der Waals surface area (Å²) >= 11 is 5.88. The number of ether oxygens (including phenoxy) is 1. The van der Waals surface area contributed by atoms with Gasteiger partial charge >= 0.3 is 0 Å². The summed E-state index contributed by atoms with van der Waals surface area (Å²) < 4.78 is 4.90. The van der Waals surface area contributed by atoms with Crippen molar-refractivity contribution < 1.29 is 4.74 Å². The lowest BCUT2D eigenvalue weighted by atomic mass is 10.1. The summed E-state index contributed by atoms with van der Waals surface area (Å²) in [5.74, 6) is 0. The van der Waals surface area contributed by atoms with Crippen molar-refractivity contribution in [2.75, 3.05) is 13.7 Å². The minimum Gasteiger partial charge on any atom is -0.383 e. The first-order chi connectivity index (χ1) is 5.75. The quantitative estimate of drug-likeness (QED) is 0.776. The van der Waals surface area contributed by atoms with Crippen LogP contribution in [0.3, 0.4) is 0 Å². The number of pyridine rings is 1. The molecule has 0 bridgehead atoms. The second-order valence-electron chi connectivity index (χ2n) is 2.46. The topological polar surface area (TPSA) is 48.1 Å². The van der Waals surface area contributed by atoms with Crippen LogP contribution in [0.2, 0.25) is 5.02 Å². The van der Waals surface area contributed by atoms with E-state index in [1.54, 1.807) is 25.6 Å². The van der Waals surface area contributed by atoms with E-state index in [-0.39, 0.29) is 6.04 Å². The standard InChI is InChI=1S/C8H11ClN2O/c1-12-5-8(10)6-4-11-3-2-7(6)9/h2-4,8H,5,10H2,1H3. The number of nitrogens with zero attached hydrogens (tertiary/aromatic N) is 1. The molecule has 1 unspecified atom stereocenters. The highest BCUT2D eigenvalue weighted by Gasteiger charge is 2.08. The van der Waals surface area contributed by atoms with Crippen LogP contribution in [0.4, 0.5) is 0 Å². The van der Waals surface area contributed by atoms with E-state index in [0.29, 0.717) is 11.6 Å². The predicted octanol–water partition coefficient (Wildman–Crippen LogP) is 1.38. The molecule has 66 valence electrons. The molecule has 0 aliphatic carbocycles. The van der Waals surface area contributed by atoms with Crippen molar-refractivity contribution in [1.29, 1.82) is 0 Å². The number of rotatable bonds is 3. The summed E-state index contributed by atoms with van der Waals surface area (Å²) in [6.07, 6.45) is 3.29. The van der Waals surface area contributed by atoms with Crippen LogP contribution in [0.1, 0.15) is 11.6 Å². The van der Waals surface area contributed by atoms with Gasteiger partial charge in [0.15, 0.2) is 0 Å². The summed E-state index contributed by atoms with van der Waals surface area (Å²) in [6, 6.07) is 1.52. The largest absolute Gasteiger partial charge is 0.383 e. The smallest absolute Gasteiger partial charge is 0.0656 e. The first-order valence-electron chi connectivity index (χ1n) is 3.59. The fourth-order valence-electron chi connectivity index (χ4n) is 0.932. The summed E-state index contributed by atoms with van der Waals surface area (Å²) in [6.45, 7) is 0.450. The molecule has 1 heterocycles. The van der Waals surface area contributed by atoms with Crippen LogP contribution in [0.15, 0.2) is 18.5 Å². The third-order valence-corrected chi connectivity index (χ3v) is 1.89. The summed E-state index contributed by atoms with van der Waals surface area (Å²) in [7, 11) is 1.60. The number of nitrogens with two attached hydrogens (primary N) is 1. The highest BCUT2D eigenvalue weighted by atomic mass is 35.5. The average molecular weight is 187 g/mol. The van der Waals surface area contributed by atoms with E-state index < -0.39 is 0 Å². The molecule has 3 nitrogen and oxygen atoms in total. The lowest BCUT2D eigenvalue weighted by Crippen LogP contribution is -2.16. The van der Waals surface area contributed by atoms with E-state index in [1.165, 1.54) is 0 Å². The van der Waals surface area contributed by atoms with E-state index in [0.717, 1.165) is 5.56 Å². The number of hydrogen-bond acceptors (Lipinski definition) is 3. The van der Waals surface area contributed by atoms with Gasteiger partial charge in [0.1, 0.15) is 0 Å². The number of hydrogen-bond donors (Lipinski definition) is 1. The van der Waals surface area contributed by atoms with Gasteiger partial charge in [-0.2, -0.15) is 0 Å². The van der Waals surface area contributed by atoms with Gasteiger partial charge in [-0.1, -0.05) is 11.6 Å². The Labute approximate surface area is 76.5 Å². The van der Waals surface area contributed by atoms with Crippen molar-refractivity contribution in [2.45, 2.75) is 6.04 Å². The van der Waals surface area contributed by atoms with Crippen LogP contribution in [0.25, 0.3) is 0 Å². The summed E-state index contributed by atoms with van der Waals surface area (Å²) in [4.78, 5) is 3.93. The van der Waals surface area contributed by atoms with E-state index in [9.17, 15) is 0 Å². The van der Waals surface area contributed by atoms with Gasteiger partial charge in [-0.3, -0.25) is 4.98 Å². The molecule has 4 heteroatoms. The maximum Gasteiger partial charge on any atom is 0.0656 e. The Kier molecular flexibility index (Phi) is 3.47. The Bertz CT molecular complexity index is 255. The number of methoxy groups -OCH3 is 1. The maximum absolute atomic E-state index is 5.88. The molecule has 0 saturated heterocycles. The minimum atomic E-state index is -0.198. The summed E-state index contributed by atoms with van der Waals surface area (Å²) in [5, 5.41) is 0.634. The third kappa shape index (κ3) is 2.17. The van der Waals surface area contributed by atoms with Gasteiger partial charge < -0.3 is 10.5 Å². The highest BCUT2D eigenvalue weighted by Crippen LogP contribution is 2.19. The predicted molar refractivity (Wildman–Crippen MR) is 48.1 cm³/mol. The molecule has 2 N–H and O–H groups in total. The van der Waals surface area contributed by atoms with E-state index in [1.807, 2.05) is 0 Å². The van der Waals surface area contributed by atoms with Crippen molar-refractivity contribution in [1.82, 2.24) is 4.98 Å². The SMILES string of the molecule is COCC(N)c1cnccc1Cl. The van der Waals surface area contributed by atoms with Crippen LogP contribution in [-0.4, -0.2) is 18.7 Å². The Morgan fingerprint density at radius 3 is 3.08 bits per heavy atom. The lowest BCUT2D eigenvalue weighted by molar-refractivity contribution is 0.181. The molecule has 0 aliphatic rings. The van der Waals surface area contributed by atoms with Crippen molar-refractivity contribution in [3.05, 3.63) is 29.0 Å². The van der Waals surface area contributed by atoms with Crippen LogP contribution in [0, 0.1) is 0 Å². The zero-order valence-corrected chi connectivity index (χ0v) is 7.58. The molecule has 0 aromatic carbocycles. The first-order valence-corrected chi connectivity index (χ1v) is 3.97. The summed E-state index contributed by atoms with van der Waals surface area (Å²) in [5.41, 5.74) is 6.58. The highest BCUT2D eigenvalue weighted by molar-refractivity contribution is 6.31. The van der Waals surface area contributed by atoms with Crippen LogP contribution in [-0.2, 0) is 4.74 Å². The van der Waals surface area contributed by atoms with Crippen LogP contribution in [0.5, 0.6) is 0 Å². The van der Waals surface area contributed by atoms with Gasteiger partial charge in [-0.05, 0) is 6.07 Å². The van der Waals surface area contributed by atoms with Crippen molar-refractivity contribution in [3.8, 4) is 0 Å². The van der Waals surface area contributed by atoms with E-state index in [4.69, 9.17) is 22.1 Å². The second-order valence-corrected chi connectivity index (χ2v) is 2.87. The number of aromatic nitrogens is 1. The van der Waals surface area contributed by atoms with Crippen LogP contribution < -0.4 is 5.73 Å². The molecule has 0 fully saturated rings. The zero-order valence-electron chi connectivity index (χ0n) is 6.83. The molecule has 0 saturated carbocycles. The van der Waals surface area contributed by atoms with Gasteiger partial charge in [0.05, 0.1) is 12.6 Å². The molecule has 1 aromatic heterocycles. The first kappa shape index (κ1) is 9.45. The monoisotopic (exact) mass is 186 g/mol. The van der Waals surface area contributed by atoms with Crippen molar-refractivity contribution in [3.63, 3.8) is 0 Å². The fraction of sp³-hybridized carbons (Fsp3) is 0.375. The van der Waals surface area contributed by atoms with E-state index >= 15 is 0 Å². The van der Waals surface area contributed by atoms with Gasteiger partial charge in [0, 0.05) is 30.1 Å². The zero-order chi connectivity index (χ0) is 8.97. The molecule has 0 amide bonds. The van der Waals surface area contributed by atoms with Gasteiger partial charge in [-0.15, -0.1) is 0 Å². The lowest BCUT2D eigenvalue weighted by Gasteiger charge is -2.11. The third-order valence-electron chi connectivity index (χ3n) is 1.54. The molecule has 0 spiro atoms. The molecule has 0 aliphatic heterocycles. The molecule has 0 radical (unpaired) electrons. The molecule has 12 heavy (non-hydrogen) atoms. The van der Waals surface area contributed by atoms with Gasteiger partial charge in [0.2, 0.25) is 0 Å². The van der Waals surface area contributed by atoms with Gasteiger partial charge in [-0.25, -0.2) is 0 Å². The second kappa shape index (κ2) is 4.40. The number of halogens is 1. The Morgan fingerprint density at radius 1 is 1.75 bits per heavy atom. The molecule has 1 rings (SSSR count). The van der Waals surface area contributed by atoms with E-state index in [2.05, 4.69) is 4.98 Å².